The van der Waals surface area contributed by atoms with Gasteiger partial charge < -0.3 is 15.0 Å². The van der Waals surface area contributed by atoms with Gasteiger partial charge >= 0.3 is 11.5 Å². The van der Waals surface area contributed by atoms with Crippen molar-refractivity contribution in [2.24, 2.45) is 0 Å². The predicted molar refractivity (Wildman–Crippen MR) is 126 cm³/mol. The second kappa shape index (κ2) is 8.23. The molecule has 8 heteroatoms. The van der Waals surface area contributed by atoms with Crippen molar-refractivity contribution < 1.29 is 9.53 Å². The average molecular weight is 439 g/mol. The van der Waals surface area contributed by atoms with Gasteiger partial charge in [-0.05, 0) is 40.1 Å². The number of methoxy groups -OCH3 is 1. The monoisotopic (exact) mass is 439 g/mol. The lowest BCUT2D eigenvalue weighted by atomic mass is 10.1. The molecule has 0 amide bonds. The average Bonchev–Trinajstić information content (AvgIpc) is 3.25. The number of nitrogens with two attached hydrogens (primary N) is 1. The fourth-order valence-corrected chi connectivity index (χ4v) is 3.97. The molecule has 0 fully saturated rings. The highest BCUT2D eigenvalue weighted by Crippen LogP contribution is 2.19. The molecule has 0 aliphatic heterocycles. The number of hydrogen-bond acceptors (Lipinski definition) is 6. The predicted octanol–water partition coefficient (Wildman–Crippen LogP) is 3.21. The van der Waals surface area contributed by atoms with Crippen LogP contribution in [0, 0.1) is 0 Å². The molecule has 2 heterocycles. The molecular formula is C25H21N5O3. The summed E-state index contributed by atoms with van der Waals surface area (Å²) in [7, 11) is 1.34. The summed E-state index contributed by atoms with van der Waals surface area (Å²) in [5.41, 5.74) is 8.91. The molecule has 0 unspecified atom stereocenters. The zero-order chi connectivity index (χ0) is 22.9. The van der Waals surface area contributed by atoms with Crippen LogP contribution in [-0.4, -0.2) is 32.2 Å². The van der Waals surface area contributed by atoms with Crippen LogP contribution >= 0.6 is 0 Å². The summed E-state index contributed by atoms with van der Waals surface area (Å²) in [5, 5.41) is 2.29. The number of fused-ring (bicyclic) bond motifs is 2. The first-order chi connectivity index (χ1) is 16.0. The Kier molecular flexibility index (Phi) is 5.10. The molecule has 0 aliphatic carbocycles. The minimum Gasteiger partial charge on any atom is -0.465 e. The zero-order valence-electron chi connectivity index (χ0n) is 17.9. The number of benzene rings is 3. The lowest BCUT2D eigenvalue weighted by molar-refractivity contribution is 0.0600. The fraction of sp³-hybridized carbons (Fsp3) is 0.120. The highest BCUT2D eigenvalue weighted by atomic mass is 16.5. The van der Waals surface area contributed by atoms with E-state index >= 15 is 0 Å². The van der Waals surface area contributed by atoms with Gasteiger partial charge in [-0.2, -0.15) is 4.98 Å². The molecule has 0 radical (unpaired) electrons. The highest BCUT2D eigenvalue weighted by Gasteiger charge is 2.16. The van der Waals surface area contributed by atoms with E-state index in [0.29, 0.717) is 29.8 Å². The molecule has 164 valence electrons. The van der Waals surface area contributed by atoms with Crippen LogP contribution in [0.4, 0.5) is 5.95 Å². The Morgan fingerprint density at radius 2 is 1.70 bits per heavy atom. The molecule has 0 saturated carbocycles. The van der Waals surface area contributed by atoms with Crippen LogP contribution in [0.2, 0.25) is 0 Å². The molecule has 0 bridgehead atoms. The summed E-state index contributed by atoms with van der Waals surface area (Å²) in [6, 6.07) is 21.3. The number of rotatable bonds is 5. The quantitative estimate of drug-likeness (QED) is 0.422. The van der Waals surface area contributed by atoms with Crippen LogP contribution < -0.4 is 11.3 Å². The van der Waals surface area contributed by atoms with Crippen molar-refractivity contribution >= 4 is 33.9 Å². The van der Waals surface area contributed by atoms with E-state index < -0.39 is 11.5 Å². The Morgan fingerprint density at radius 1 is 0.970 bits per heavy atom. The molecule has 0 atom stereocenters. The van der Waals surface area contributed by atoms with E-state index in [0.717, 1.165) is 21.9 Å². The van der Waals surface area contributed by atoms with Crippen LogP contribution in [0.5, 0.6) is 0 Å². The number of nitrogen functional groups attached to an aromatic ring is 1. The van der Waals surface area contributed by atoms with Gasteiger partial charge in [0.1, 0.15) is 0 Å². The number of carbonyl (C=O) groups excluding carboxylic acids is 1. The Balaban J connectivity index is 1.50. The summed E-state index contributed by atoms with van der Waals surface area (Å²) in [6.45, 7) is 0.833. The van der Waals surface area contributed by atoms with Crippen LogP contribution in [0.3, 0.4) is 0 Å². The standard InChI is InChI=1S/C25H21N5O3/c1-33-24(32)19-10-6-16(7-11-19)14-30-22-21(23(31)28-25(30)26)29(15-27-22)13-17-8-9-18-4-2-3-5-20(18)12-17/h2-12,15H,13-14H2,1H3,(H2,26,28,31). The van der Waals surface area contributed by atoms with Gasteiger partial charge in [0, 0.05) is 6.54 Å². The normalized spacial score (nSPS) is 11.2. The number of aromatic nitrogens is 4. The third-order valence-corrected chi connectivity index (χ3v) is 5.65. The molecule has 5 rings (SSSR count). The molecule has 8 nitrogen and oxygen atoms in total. The van der Waals surface area contributed by atoms with Gasteiger partial charge in [-0.3, -0.25) is 9.36 Å². The zero-order valence-corrected chi connectivity index (χ0v) is 17.9. The number of nitrogens with zero attached hydrogens (tertiary/aromatic N) is 4. The van der Waals surface area contributed by atoms with Crippen molar-refractivity contribution in [1.82, 2.24) is 19.1 Å². The lowest BCUT2D eigenvalue weighted by Crippen LogP contribution is -2.20. The maximum Gasteiger partial charge on any atom is 0.337 e. The van der Waals surface area contributed by atoms with Crippen molar-refractivity contribution in [3.8, 4) is 0 Å². The number of anilines is 1. The lowest BCUT2D eigenvalue weighted by Gasteiger charge is -2.12. The van der Waals surface area contributed by atoms with Gasteiger partial charge in [0.15, 0.2) is 11.2 Å². The van der Waals surface area contributed by atoms with Crippen molar-refractivity contribution in [1.29, 1.82) is 0 Å². The van der Waals surface area contributed by atoms with Gasteiger partial charge in [0.25, 0.3) is 0 Å². The van der Waals surface area contributed by atoms with Gasteiger partial charge in [-0.1, -0.05) is 48.5 Å². The van der Waals surface area contributed by atoms with E-state index in [9.17, 15) is 9.59 Å². The van der Waals surface area contributed by atoms with Gasteiger partial charge in [0.05, 0.1) is 25.5 Å². The van der Waals surface area contributed by atoms with Gasteiger partial charge in [-0.25, -0.2) is 9.78 Å². The van der Waals surface area contributed by atoms with Crippen molar-refractivity contribution in [2.75, 3.05) is 12.8 Å². The smallest absolute Gasteiger partial charge is 0.337 e. The Bertz CT molecular complexity index is 1550. The van der Waals surface area contributed by atoms with Crippen LogP contribution in [0.15, 0.2) is 77.9 Å². The van der Waals surface area contributed by atoms with Crippen LogP contribution in [0.25, 0.3) is 21.9 Å². The summed E-state index contributed by atoms with van der Waals surface area (Å²) >= 11 is 0. The van der Waals surface area contributed by atoms with Crippen LogP contribution in [0.1, 0.15) is 21.5 Å². The Hall–Kier alpha value is -4.46. The van der Waals surface area contributed by atoms with E-state index in [-0.39, 0.29) is 5.95 Å². The van der Waals surface area contributed by atoms with Crippen molar-refractivity contribution in [3.63, 3.8) is 0 Å². The minimum atomic E-state index is -0.418. The van der Waals surface area contributed by atoms with E-state index in [2.05, 4.69) is 34.2 Å². The molecule has 2 N–H and O–H groups in total. The SMILES string of the molecule is COC(=O)c1ccc(Cn2c(N)nc(=O)c3c2ncn3Cc2ccc3ccccc3c2)cc1. The fourth-order valence-electron chi connectivity index (χ4n) is 3.97. The molecule has 2 aromatic heterocycles. The second-order valence-electron chi connectivity index (χ2n) is 7.78. The van der Waals surface area contributed by atoms with E-state index in [1.165, 1.54) is 7.11 Å². The minimum absolute atomic E-state index is 0.0838. The molecule has 0 aliphatic rings. The first kappa shape index (κ1) is 20.4. The molecular weight excluding hydrogens is 418 g/mol. The van der Waals surface area contributed by atoms with E-state index in [4.69, 9.17) is 10.5 Å². The maximum atomic E-state index is 12.7. The second-order valence-corrected chi connectivity index (χ2v) is 7.78. The first-order valence-corrected chi connectivity index (χ1v) is 10.4. The molecule has 0 spiro atoms. The largest absolute Gasteiger partial charge is 0.465 e. The number of imidazole rings is 1. The Morgan fingerprint density at radius 3 is 2.45 bits per heavy atom. The van der Waals surface area contributed by atoms with E-state index in [1.807, 2.05) is 30.3 Å². The van der Waals surface area contributed by atoms with Crippen molar-refractivity contribution in [2.45, 2.75) is 13.1 Å². The number of esters is 1. The molecule has 3 aromatic carbocycles. The summed E-state index contributed by atoms with van der Waals surface area (Å²) in [4.78, 5) is 32.9. The molecule has 33 heavy (non-hydrogen) atoms. The number of ether oxygens (including phenoxy) is 1. The van der Waals surface area contributed by atoms with Gasteiger partial charge in [-0.15, -0.1) is 0 Å². The third-order valence-electron chi connectivity index (χ3n) is 5.65. The van der Waals surface area contributed by atoms with Crippen molar-refractivity contribution in [3.05, 3.63) is 100 Å². The summed E-state index contributed by atoms with van der Waals surface area (Å²) < 4.78 is 8.23. The number of carbonyl (C=O) groups is 1. The third kappa shape index (κ3) is 3.82. The summed E-state index contributed by atoms with van der Waals surface area (Å²) in [6.07, 6.45) is 1.64. The number of hydrogen-bond donors (Lipinski definition) is 1. The first-order valence-electron chi connectivity index (χ1n) is 10.4. The van der Waals surface area contributed by atoms with Gasteiger partial charge in [0.2, 0.25) is 5.95 Å². The van der Waals surface area contributed by atoms with Crippen LogP contribution in [-0.2, 0) is 17.8 Å². The molecule has 5 aromatic rings. The maximum absolute atomic E-state index is 12.7. The Labute approximate surface area is 188 Å². The highest BCUT2D eigenvalue weighted by molar-refractivity contribution is 5.89. The van der Waals surface area contributed by atoms with E-state index in [1.54, 1.807) is 27.6 Å². The summed E-state index contributed by atoms with van der Waals surface area (Å²) in [5.74, 6) is -0.318. The molecule has 0 saturated heterocycles. The topological polar surface area (TPSA) is 105 Å².